The van der Waals surface area contributed by atoms with E-state index in [2.05, 4.69) is 13.8 Å². The molecule has 6 heteroatoms. The van der Waals surface area contributed by atoms with E-state index in [-0.39, 0.29) is 52.4 Å². The molecule has 6 nitrogen and oxygen atoms in total. The van der Waals surface area contributed by atoms with Crippen molar-refractivity contribution >= 4 is 17.7 Å². The zero-order valence-electron chi connectivity index (χ0n) is 18.0. The summed E-state index contributed by atoms with van der Waals surface area (Å²) in [6.07, 6.45) is 7.61. The molecular weight excluding hydrogens is 384 g/mol. The van der Waals surface area contributed by atoms with Crippen LogP contribution in [-0.4, -0.2) is 42.1 Å². The molecule has 0 aromatic heterocycles. The highest BCUT2D eigenvalue weighted by Crippen LogP contribution is 2.78. The second kappa shape index (κ2) is 5.56. The molecule has 6 aliphatic rings. The van der Waals surface area contributed by atoms with Crippen molar-refractivity contribution in [3.8, 4) is 0 Å². The van der Waals surface area contributed by atoms with E-state index < -0.39 is 11.2 Å². The maximum atomic E-state index is 13.0. The summed E-state index contributed by atoms with van der Waals surface area (Å²) in [4.78, 5) is 37.4. The molecule has 0 aromatic rings. The molecule has 0 bridgehead atoms. The lowest BCUT2D eigenvalue weighted by Gasteiger charge is -2.58. The van der Waals surface area contributed by atoms with Crippen LogP contribution < -0.4 is 0 Å². The van der Waals surface area contributed by atoms with Crippen molar-refractivity contribution in [1.82, 2.24) is 0 Å². The normalized spacial score (nSPS) is 53.2. The minimum Gasteiger partial charge on any atom is -0.469 e. The van der Waals surface area contributed by atoms with Crippen molar-refractivity contribution in [2.75, 3.05) is 7.11 Å². The third-order valence-corrected chi connectivity index (χ3v) is 10.2. The molecule has 4 aliphatic carbocycles. The van der Waals surface area contributed by atoms with Crippen LogP contribution in [0.4, 0.5) is 0 Å². The highest BCUT2D eigenvalue weighted by Gasteiger charge is 2.83. The number of esters is 2. The number of ketones is 1. The average molecular weight is 414 g/mol. The summed E-state index contributed by atoms with van der Waals surface area (Å²) in [7, 11) is 1.45. The van der Waals surface area contributed by atoms with Crippen LogP contribution in [0, 0.1) is 28.6 Å². The van der Waals surface area contributed by atoms with Gasteiger partial charge in [0, 0.05) is 29.6 Å². The minimum atomic E-state index is -0.424. The van der Waals surface area contributed by atoms with Gasteiger partial charge < -0.3 is 14.2 Å². The van der Waals surface area contributed by atoms with Crippen LogP contribution in [0.2, 0.25) is 0 Å². The Hall–Kier alpha value is -1.69. The van der Waals surface area contributed by atoms with E-state index in [4.69, 9.17) is 14.2 Å². The summed E-state index contributed by atoms with van der Waals surface area (Å²) < 4.78 is 17.9. The summed E-state index contributed by atoms with van der Waals surface area (Å²) in [5.74, 6) is -0.201. The first kappa shape index (κ1) is 19.0. The first-order chi connectivity index (χ1) is 14.2. The van der Waals surface area contributed by atoms with Gasteiger partial charge in [-0.25, -0.2) is 0 Å². The van der Waals surface area contributed by atoms with Gasteiger partial charge >= 0.3 is 11.9 Å². The van der Waals surface area contributed by atoms with Crippen molar-refractivity contribution in [2.24, 2.45) is 28.6 Å². The zero-order valence-corrected chi connectivity index (χ0v) is 18.0. The van der Waals surface area contributed by atoms with Gasteiger partial charge in [-0.2, -0.15) is 0 Å². The maximum absolute atomic E-state index is 13.0. The van der Waals surface area contributed by atoms with Gasteiger partial charge in [-0.3, -0.25) is 14.4 Å². The third kappa shape index (κ3) is 1.94. The molecule has 162 valence electrons. The van der Waals surface area contributed by atoms with Crippen LogP contribution in [0.25, 0.3) is 0 Å². The number of ether oxygens (including phenoxy) is 3. The van der Waals surface area contributed by atoms with Crippen molar-refractivity contribution in [3.63, 3.8) is 0 Å². The van der Waals surface area contributed by atoms with Crippen LogP contribution in [0.5, 0.6) is 0 Å². The smallest absolute Gasteiger partial charge is 0.309 e. The quantitative estimate of drug-likeness (QED) is 0.484. The van der Waals surface area contributed by atoms with Crippen LogP contribution in [0.15, 0.2) is 11.6 Å². The Bertz CT molecular complexity index is 907. The lowest BCUT2D eigenvalue weighted by molar-refractivity contribution is -0.172. The first-order valence-electron chi connectivity index (χ1n) is 11.4. The fourth-order valence-electron chi connectivity index (χ4n) is 8.69. The highest BCUT2D eigenvalue weighted by atomic mass is 16.6. The van der Waals surface area contributed by atoms with Gasteiger partial charge in [-0.1, -0.05) is 19.4 Å². The van der Waals surface area contributed by atoms with Gasteiger partial charge in [0.15, 0.2) is 5.78 Å². The van der Waals surface area contributed by atoms with Crippen LogP contribution in [0.1, 0.15) is 65.2 Å². The van der Waals surface area contributed by atoms with E-state index in [1.54, 1.807) is 6.08 Å². The molecule has 30 heavy (non-hydrogen) atoms. The molecule has 2 aliphatic heterocycles. The van der Waals surface area contributed by atoms with Gasteiger partial charge in [-0.15, -0.1) is 0 Å². The van der Waals surface area contributed by atoms with E-state index in [0.717, 1.165) is 37.7 Å². The number of hydrogen-bond donors (Lipinski definition) is 0. The number of carbonyl (C=O) groups excluding carboxylic acids is 3. The zero-order chi connectivity index (χ0) is 21.1. The summed E-state index contributed by atoms with van der Waals surface area (Å²) in [5.41, 5.74) is -0.175. The molecular formula is C24H30O6. The van der Waals surface area contributed by atoms with E-state index >= 15 is 0 Å². The van der Waals surface area contributed by atoms with Gasteiger partial charge in [0.25, 0.3) is 0 Å². The lowest BCUT2D eigenvalue weighted by atomic mass is 9.43. The lowest BCUT2D eigenvalue weighted by Crippen LogP contribution is -2.63. The van der Waals surface area contributed by atoms with E-state index in [1.165, 1.54) is 7.11 Å². The number of carbonyl (C=O) groups is 3. The summed E-state index contributed by atoms with van der Waals surface area (Å²) in [5, 5.41) is 0. The van der Waals surface area contributed by atoms with Gasteiger partial charge in [-0.05, 0) is 50.5 Å². The third-order valence-electron chi connectivity index (χ3n) is 10.2. The molecule has 0 radical (unpaired) electrons. The monoisotopic (exact) mass is 414 g/mol. The van der Waals surface area contributed by atoms with Gasteiger partial charge in [0.2, 0.25) is 0 Å². The Balaban J connectivity index is 1.49. The Morgan fingerprint density at radius 2 is 1.97 bits per heavy atom. The molecule has 2 saturated heterocycles. The van der Waals surface area contributed by atoms with Crippen molar-refractivity contribution in [2.45, 2.75) is 82.5 Å². The molecule has 3 unspecified atom stereocenters. The first-order valence-corrected chi connectivity index (χ1v) is 11.4. The maximum Gasteiger partial charge on any atom is 0.309 e. The largest absolute Gasteiger partial charge is 0.469 e. The van der Waals surface area contributed by atoms with Gasteiger partial charge in [0.1, 0.15) is 11.2 Å². The average Bonchev–Trinajstić information content (AvgIpc) is 3.20. The Morgan fingerprint density at radius 3 is 2.67 bits per heavy atom. The van der Waals surface area contributed by atoms with Crippen molar-refractivity contribution < 1.29 is 28.6 Å². The summed E-state index contributed by atoms with van der Waals surface area (Å²) in [6, 6.07) is 0. The fraction of sp³-hybridized carbons (Fsp3) is 0.792. The second-order valence-corrected chi connectivity index (χ2v) is 11.0. The second-order valence-electron chi connectivity index (χ2n) is 11.0. The van der Waals surface area contributed by atoms with E-state index in [1.807, 2.05) is 0 Å². The molecule has 8 atom stereocenters. The highest BCUT2D eigenvalue weighted by molar-refractivity contribution is 5.92. The topological polar surface area (TPSA) is 82.2 Å². The van der Waals surface area contributed by atoms with E-state index in [0.29, 0.717) is 19.3 Å². The molecule has 3 saturated carbocycles. The van der Waals surface area contributed by atoms with Crippen molar-refractivity contribution in [3.05, 3.63) is 11.6 Å². The summed E-state index contributed by atoms with van der Waals surface area (Å²) in [6.45, 7) is 4.51. The molecule has 0 amide bonds. The van der Waals surface area contributed by atoms with Crippen molar-refractivity contribution in [1.29, 1.82) is 0 Å². The molecule has 5 fully saturated rings. The van der Waals surface area contributed by atoms with Crippen LogP contribution in [-0.2, 0) is 28.6 Å². The molecule has 2 heterocycles. The minimum absolute atomic E-state index is 0.0303. The van der Waals surface area contributed by atoms with Crippen LogP contribution in [0.3, 0.4) is 0 Å². The van der Waals surface area contributed by atoms with Gasteiger partial charge in [0.05, 0.1) is 19.1 Å². The molecule has 0 aromatic carbocycles. The SMILES string of the molecule is COC(=O)C1CC2=CC(=O)CC[C@]2(C)[C@@]23O[C@@H]2C[C@@]2(C)C(CC[C@@]24CCC(=O)O4)C13. The number of epoxide rings is 1. The number of fused-ring (bicyclic) bond motifs is 4. The predicted octanol–water partition coefficient (Wildman–Crippen LogP) is 3.12. The Labute approximate surface area is 176 Å². The number of hydrogen-bond acceptors (Lipinski definition) is 6. The molecule has 0 N–H and O–H groups in total. The number of rotatable bonds is 1. The molecule has 6 rings (SSSR count). The number of methoxy groups -OCH3 is 1. The van der Waals surface area contributed by atoms with E-state index in [9.17, 15) is 14.4 Å². The standard InChI is InChI=1S/C24H30O6/c1-21-7-4-14(25)10-13(21)11-15(20(27)28-3)19-16-5-8-23(9-6-18(26)30-23)22(16,2)12-17-24(19,21)29-17/h10,15-17,19H,4-9,11-12H2,1-3H3/t15?,16?,17-,19?,21+,22+,23-,24-/m1/s1. The summed E-state index contributed by atoms with van der Waals surface area (Å²) >= 11 is 0. The Kier molecular flexibility index (Phi) is 3.53. The fourth-order valence-corrected chi connectivity index (χ4v) is 8.69. The predicted molar refractivity (Wildman–Crippen MR) is 105 cm³/mol. The Morgan fingerprint density at radius 1 is 1.17 bits per heavy atom. The van der Waals surface area contributed by atoms with Crippen LogP contribution >= 0.6 is 0 Å². The molecule has 2 spiro atoms.